The van der Waals surface area contributed by atoms with Gasteiger partial charge in [0.15, 0.2) is 0 Å². The maximum absolute atomic E-state index is 10.9. The average molecular weight is 264 g/mol. The van der Waals surface area contributed by atoms with E-state index >= 15 is 0 Å². The fraction of sp³-hybridized carbons (Fsp3) is 0.538. The van der Waals surface area contributed by atoms with Gasteiger partial charge in [-0.1, -0.05) is 26.2 Å². The van der Waals surface area contributed by atoms with E-state index in [9.17, 15) is 20.2 Å². The monoisotopic (exact) mass is 264 g/mol. The third kappa shape index (κ3) is 2.72. The van der Waals surface area contributed by atoms with Crippen molar-refractivity contribution in [3.8, 4) is 0 Å². The zero-order valence-corrected chi connectivity index (χ0v) is 10.8. The van der Waals surface area contributed by atoms with Crippen molar-refractivity contribution in [1.29, 1.82) is 0 Å². The molecule has 0 bridgehead atoms. The first kappa shape index (κ1) is 13.5. The molecule has 0 amide bonds. The minimum atomic E-state index is -0.567. The standard InChI is InChI=1S/C13H16N2O4/c1-13(5-3-2-4-6-13)10-7-11(14(16)17)9-12(8-10)15(18)19/h7-9H,2-6H2,1H3. The summed E-state index contributed by atoms with van der Waals surface area (Å²) >= 11 is 0. The van der Waals surface area contributed by atoms with Crippen LogP contribution in [0.1, 0.15) is 44.6 Å². The highest BCUT2D eigenvalue weighted by molar-refractivity contribution is 5.49. The number of rotatable bonds is 3. The fourth-order valence-corrected chi connectivity index (χ4v) is 2.78. The van der Waals surface area contributed by atoms with Gasteiger partial charge in [-0.25, -0.2) is 0 Å². The van der Waals surface area contributed by atoms with Crippen LogP contribution in [0.3, 0.4) is 0 Å². The lowest BCUT2D eigenvalue weighted by molar-refractivity contribution is -0.394. The third-order valence-electron chi connectivity index (χ3n) is 3.98. The summed E-state index contributed by atoms with van der Waals surface area (Å²) in [7, 11) is 0. The number of nitrogens with zero attached hydrogens (tertiary/aromatic N) is 2. The number of nitro groups is 2. The SMILES string of the molecule is CC1(c2cc([N+](=O)[O-])cc([N+](=O)[O-])c2)CCCCC1. The summed E-state index contributed by atoms with van der Waals surface area (Å²) in [5.41, 5.74) is 0.134. The Morgan fingerprint density at radius 1 is 0.947 bits per heavy atom. The smallest absolute Gasteiger partial charge is 0.258 e. The van der Waals surface area contributed by atoms with Gasteiger partial charge in [-0.3, -0.25) is 20.2 Å². The van der Waals surface area contributed by atoms with Crippen molar-refractivity contribution in [2.45, 2.75) is 44.4 Å². The molecular weight excluding hydrogens is 248 g/mol. The highest BCUT2D eigenvalue weighted by Gasteiger charge is 2.31. The Labute approximate surface area is 110 Å². The zero-order chi connectivity index (χ0) is 14.0. The Hall–Kier alpha value is -1.98. The van der Waals surface area contributed by atoms with Crippen molar-refractivity contribution in [3.05, 3.63) is 44.0 Å². The van der Waals surface area contributed by atoms with Gasteiger partial charge in [0.1, 0.15) is 0 Å². The van der Waals surface area contributed by atoms with Crippen LogP contribution in [0, 0.1) is 20.2 Å². The number of non-ortho nitro benzene ring substituents is 2. The molecule has 1 saturated carbocycles. The van der Waals surface area contributed by atoms with Gasteiger partial charge in [0.25, 0.3) is 11.4 Å². The molecule has 2 rings (SSSR count). The molecular formula is C13H16N2O4. The van der Waals surface area contributed by atoms with Gasteiger partial charge in [0.2, 0.25) is 0 Å². The topological polar surface area (TPSA) is 86.3 Å². The summed E-state index contributed by atoms with van der Waals surface area (Å²) < 4.78 is 0. The molecule has 0 spiro atoms. The molecule has 0 saturated heterocycles. The van der Waals surface area contributed by atoms with E-state index in [-0.39, 0.29) is 16.8 Å². The molecule has 1 aliphatic rings. The molecule has 0 atom stereocenters. The molecule has 1 aliphatic carbocycles. The number of benzene rings is 1. The van der Waals surface area contributed by atoms with Crippen LogP contribution in [0.4, 0.5) is 11.4 Å². The summed E-state index contributed by atoms with van der Waals surface area (Å²) in [6.07, 6.45) is 5.13. The van der Waals surface area contributed by atoms with Crippen LogP contribution in [-0.4, -0.2) is 9.85 Å². The van der Waals surface area contributed by atoms with Crippen molar-refractivity contribution in [1.82, 2.24) is 0 Å². The number of hydrogen-bond acceptors (Lipinski definition) is 4. The Bertz CT molecular complexity index is 489. The van der Waals surface area contributed by atoms with Crippen LogP contribution >= 0.6 is 0 Å². The second-order valence-corrected chi connectivity index (χ2v) is 5.37. The van der Waals surface area contributed by atoms with Crippen LogP contribution in [0.25, 0.3) is 0 Å². The zero-order valence-electron chi connectivity index (χ0n) is 10.8. The quantitative estimate of drug-likeness (QED) is 0.614. The lowest BCUT2D eigenvalue weighted by Gasteiger charge is -2.33. The molecule has 0 aliphatic heterocycles. The lowest BCUT2D eigenvalue weighted by atomic mass is 9.71. The van der Waals surface area contributed by atoms with E-state index in [1.54, 1.807) is 0 Å². The molecule has 0 unspecified atom stereocenters. The van der Waals surface area contributed by atoms with Gasteiger partial charge in [0, 0.05) is 12.1 Å². The average Bonchev–Trinajstić information content (AvgIpc) is 2.39. The Morgan fingerprint density at radius 3 is 1.84 bits per heavy atom. The van der Waals surface area contributed by atoms with Crippen LogP contribution in [-0.2, 0) is 5.41 Å². The maximum Gasteiger partial charge on any atom is 0.276 e. The predicted molar refractivity (Wildman–Crippen MR) is 70.2 cm³/mol. The van der Waals surface area contributed by atoms with Crippen molar-refractivity contribution in [3.63, 3.8) is 0 Å². The Kier molecular flexibility index (Phi) is 3.50. The summed E-state index contributed by atoms with van der Waals surface area (Å²) in [4.78, 5) is 20.7. The minimum absolute atomic E-state index is 0.185. The summed E-state index contributed by atoms with van der Waals surface area (Å²) in [5.74, 6) is 0. The van der Waals surface area contributed by atoms with Gasteiger partial charge in [-0.15, -0.1) is 0 Å². The molecule has 102 valence electrons. The molecule has 0 aromatic heterocycles. The minimum Gasteiger partial charge on any atom is -0.258 e. The Balaban J connectivity index is 2.49. The van der Waals surface area contributed by atoms with Gasteiger partial charge < -0.3 is 0 Å². The highest BCUT2D eigenvalue weighted by Crippen LogP contribution is 2.41. The van der Waals surface area contributed by atoms with E-state index in [4.69, 9.17) is 0 Å². The second-order valence-electron chi connectivity index (χ2n) is 5.37. The Morgan fingerprint density at radius 2 is 1.42 bits per heavy atom. The van der Waals surface area contributed by atoms with Gasteiger partial charge in [-0.05, 0) is 23.8 Å². The van der Waals surface area contributed by atoms with E-state index in [0.717, 1.165) is 38.2 Å². The first-order chi connectivity index (χ1) is 8.92. The van der Waals surface area contributed by atoms with Gasteiger partial charge >= 0.3 is 0 Å². The van der Waals surface area contributed by atoms with E-state index < -0.39 is 9.85 Å². The van der Waals surface area contributed by atoms with Crippen molar-refractivity contribution < 1.29 is 9.85 Å². The largest absolute Gasteiger partial charge is 0.276 e. The molecule has 1 aromatic carbocycles. The molecule has 0 N–H and O–H groups in total. The predicted octanol–water partition coefficient (Wildman–Crippen LogP) is 3.72. The van der Waals surface area contributed by atoms with Gasteiger partial charge in [0.05, 0.1) is 15.9 Å². The first-order valence-corrected chi connectivity index (χ1v) is 6.37. The van der Waals surface area contributed by atoms with Crippen molar-refractivity contribution in [2.75, 3.05) is 0 Å². The summed E-state index contributed by atoms with van der Waals surface area (Å²) in [6, 6.07) is 3.99. The number of nitro benzene ring substituents is 2. The molecule has 0 heterocycles. The van der Waals surface area contributed by atoms with Gasteiger partial charge in [-0.2, -0.15) is 0 Å². The number of hydrogen-bond donors (Lipinski definition) is 0. The molecule has 19 heavy (non-hydrogen) atoms. The fourth-order valence-electron chi connectivity index (χ4n) is 2.78. The van der Waals surface area contributed by atoms with Crippen LogP contribution in [0.2, 0.25) is 0 Å². The van der Waals surface area contributed by atoms with E-state index in [1.165, 1.54) is 12.1 Å². The van der Waals surface area contributed by atoms with E-state index in [0.29, 0.717) is 5.56 Å². The normalized spacial score (nSPS) is 17.9. The van der Waals surface area contributed by atoms with E-state index in [2.05, 4.69) is 0 Å². The highest BCUT2D eigenvalue weighted by atomic mass is 16.6. The van der Waals surface area contributed by atoms with Crippen molar-refractivity contribution in [2.24, 2.45) is 0 Å². The molecule has 6 heteroatoms. The lowest BCUT2D eigenvalue weighted by Crippen LogP contribution is -2.25. The molecule has 0 radical (unpaired) electrons. The summed E-state index contributed by atoms with van der Waals surface area (Å²) in [5, 5.41) is 21.8. The maximum atomic E-state index is 10.9. The van der Waals surface area contributed by atoms with Crippen LogP contribution < -0.4 is 0 Å². The third-order valence-corrected chi connectivity index (χ3v) is 3.98. The van der Waals surface area contributed by atoms with Crippen LogP contribution in [0.5, 0.6) is 0 Å². The summed E-state index contributed by atoms with van der Waals surface area (Å²) in [6.45, 7) is 2.04. The van der Waals surface area contributed by atoms with Crippen LogP contribution in [0.15, 0.2) is 18.2 Å². The van der Waals surface area contributed by atoms with Crippen molar-refractivity contribution >= 4 is 11.4 Å². The molecule has 6 nitrogen and oxygen atoms in total. The molecule has 1 fully saturated rings. The molecule has 1 aromatic rings. The van der Waals surface area contributed by atoms with E-state index in [1.807, 2.05) is 6.92 Å². The first-order valence-electron chi connectivity index (χ1n) is 6.37. The second kappa shape index (κ2) is 4.95.